The zero-order valence-electron chi connectivity index (χ0n) is 16.7. The van der Waals surface area contributed by atoms with E-state index in [0.29, 0.717) is 21.9 Å². The van der Waals surface area contributed by atoms with Crippen molar-refractivity contribution < 1.29 is 19.4 Å². The van der Waals surface area contributed by atoms with Crippen molar-refractivity contribution >= 4 is 29.1 Å². The number of ether oxygens (including phenoxy) is 1. The maximum absolute atomic E-state index is 13.0. The molecule has 1 aromatic heterocycles. The van der Waals surface area contributed by atoms with Crippen molar-refractivity contribution in [2.75, 3.05) is 7.11 Å². The quantitative estimate of drug-likeness (QED) is 0.366. The molecule has 156 valence electrons. The average Bonchev–Trinajstić information content (AvgIpc) is 3.05. The Morgan fingerprint density at radius 3 is 2.48 bits per heavy atom. The molecule has 0 radical (unpaired) electrons. The Hall–Kier alpha value is -3.64. The molecule has 1 N–H and O–H groups in total. The van der Waals surface area contributed by atoms with Gasteiger partial charge in [0.1, 0.15) is 11.5 Å². The average molecular weight is 435 g/mol. The Morgan fingerprint density at radius 1 is 1.10 bits per heavy atom. The van der Waals surface area contributed by atoms with Crippen molar-refractivity contribution in [1.82, 2.24) is 9.88 Å². The van der Waals surface area contributed by atoms with Crippen LogP contribution in [0, 0.1) is 0 Å². The van der Waals surface area contributed by atoms with Gasteiger partial charge in [-0.3, -0.25) is 14.6 Å². The third-order valence-electron chi connectivity index (χ3n) is 5.17. The molecule has 0 spiro atoms. The van der Waals surface area contributed by atoms with E-state index in [1.165, 1.54) is 12.0 Å². The summed E-state index contributed by atoms with van der Waals surface area (Å²) >= 11 is 6.04. The predicted molar refractivity (Wildman–Crippen MR) is 117 cm³/mol. The number of carbonyl (C=O) groups excluding carboxylic acids is 2. The SMILES string of the molecule is COc1cccc(C(O)=C2C(=O)C(=O)N(Cc3ccncc3)C2c2ccc(Cl)cc2)c1. The second-order valence-corrected chi connectivity index (χ2v) is 7.50. The summed E-state index contributed by atoms with van der Waals surface area (Å²) in [5.41, 5.74) is 1.90. The molecular formula is C24H19ClN2O4. The van der Waals surface area contributed by atoms with Crippen molar-refractivity contribution in [1.29, 1.82) is 0 Å². The third-order valence-corrected chi connectivity index (χ3v) is 5.42. The molecule has 3 aromatic rings. The summed E-state index contributed by atoms with van der Waals surface area (Å²) in [6.45, 7) is 0.190. The maximum atomic E-state index is 13.0. The fraction of sp³-hybridized carbons (Fsp3) is 0.125. The van der Waals surface area contributed by atoms with E-state index in [9.17, 15) is 14.7 Å². The second-order valence-electron chi connectivity index (χ2n) is 7.07. The maximum Gasteiger partial charge on any atom is 0.295 e. The summed E-state index contributed by atoms with van der Waals surface area (Å²) in [5, 5.41) is 11.6. The number of amides is 1. The first-order chi connectivity index (χ1) is 15.0. The zero-order chi connectivity index (χ0) is 22.0. The number of benzene rings is 2. The summed E-state index contributed by atoms with van der Waals surface area (Å²) in [7, 11) is 1.51. The summed E-state index contributed by atoms with van der Waals surface area (Å²) in [4.78, 5) is 31.5. The van der Waals surface area contributed by atoms with Crippen molar-refractivity contribution in [2.24, 2.45) is 0 Å². The number of rotatable bonds is 5. The molecule has 2 aromatic carbocycles. The molecule has 2 heterocycles. The molecule has 0 bridgehead atoms. The first kappa shape index (κ1) is 20.6. The standard InChI is InChI=1S/C24H19ClN2O4/c1-31-19-4-2-3-17(13-19)22(28)20-21(16-5-7-18(25)8-6-16)27(24(30)23(20)29)14-15-9-11-26-12-10-15/h2-13,21,28H,14H2,1H3. The summed E-state index contributed by atoms with van der Waals surface area (Å²) < 4.78 is 5.22. The number of nitrogens with zero attached hydrogens (tertiary/aromatic N) is 2. The monoisotopic (exact) mass is 434 g/mol. The molecule has 7 heteroatoms. The van der Waals surface area contributed by atoms with Gasteiger partial charge >= 0.3 is 0 Å². The van der Waals surface area contributed by atoms with Crippen LogP contribution in [0.5, 0.6) is 5.75 Å². The normalized spacial score (nSPS) is 17.7. The predicted octanol–water partition coefficient (Wildman–Crippen LogP) is 4.37. The van der Waals surface area contributed by atoms with Crippen LogP contribution in [0.25, 0.3) is 5.76 Å². The van der Waals surface area contributed by atoms with Crippen LogP contribution in [-0.4, -0.2) is 33.8 Å². The van der Waals surface area contributed by atoms with Crippen LogP contribution in [0.3, 0.4) is 0 Å². The molecule has 1 amide bonds. The van der Waals surface area contributed by atoms with Crippen molar-refractivity contribution in [3.8, 4) is 5.75 Å². The molecule has 1 saturated heterocycles. The van der Waals surface area contributed by atoms with Gasteiger partial charge in [0, 0.05) is 29.5 Å². The highest BCUT2D eigenvalue weighted by molar-refractivity contribution is 6.46. The van der Waals surface area contributed by atoms with Gasteiger partial charge in [0.25, 0.3) is 11.7 Å². The number of halogens is 1. The fourth-order valence-corrected chi connectivity index (χ4v) is 3.77. The van der Waals surface area contributed by atoms with Crippen LogP contribution in [0.15, 0.2) is 78.6 Å². The van der Waals surface area contributed by atoms with Crippen LogP contribution in [-0.2, 0) is 16.1 Å². The number of likely N-dealkylation sites (tertiary alicyclic amines) is 1. The summed E-state index contributed by atoms with van der Waals surface area (Å²) in [6, 6.07) is 16.4. The van der Waals surface area contributed by atoms with E-state index in [0.717, 1.165) is 5.56 Å². The number of hydrogen-bond donors (Lipinski definition) is 1. The van der Waals surface area contributed by atoms with E-state index in [2.05, 4.69) is 4.98 Å². The highest BCUT2D eigenvalue weighted by Gasteiger charge is 2.46. The Labute approximate surface area is 184 Å². The summed E-state index contributed by atoms with van der Waals surface area (Å²) in [6.07, 6.45) is 3.25. The van der Waals surface area contributed by atoms with Gasteiger partial charge in [-0.05, 0) is 47.5 Å². The number of aliphatic hydroxyl groups excluding tert-OH is 1. The lowest BCUT2D eigenvalue weighted by Crippen LogP contribution is -2.29. The number of ketones is 1. The number of Topliss-reactive ketones (excluding diaryl/α,β-unsaturated/α-hetero) is 1. The molecule has 0 aliphatic carbocycles. The Bertz CT molecular complexity index is 1160. The lowest BCUT2D eigenvalue weighted by Gasteiger charge is -2.25. The molecular weight excluding hydrogens is 416 g/mol. The largest absolute Gasteiger partial charge is 0.507 e. The lowest BCUT2D eigenvalue weighted by atomic mass is 9.95. The van der Waals surface area contributed by atoms with Crippen LogP contribution in [0.2, 0.25) is 5.02 Å². The van der Waals surface area contributed by atoms with Gasteiger partial charge in [-0.25, -0.2) is 0 Å². The number of carbonyl (C=O) groups is 2. The minimum atomic E-state index is -0.767. The highest BCUT2D eigenvalue weighted by Crippen LogP contribution is 2.40. The van der Waals surface area contributed by atoms with E-state index in [4.69, 9.17) is 16.3 Å². The van der Waals surface area contributed by atoms with Gasteiger partial charge in [0.05, 0.1) is 18.7 Å². The molecule has 31 heavy (non-hydrogen) atoms. The minimum absolute atomic E-state index is 0.0228. The number of aromatic nitrogens is 1. The highest BCUT2D eigenvalue weighted by atomic mass is 35.5. The molecule has 1 unspecified atom stereocenters. The lowest BCUT2D eigenvalue weighted by molar-refractivity contribution is -0.140. The van der Waals surface area contributed by atoms with Gasteiger partial charge in [0.2, 0.25) is 0 Å². The summed E-state index contributed by atoms with van der Waals surface area (Å²) in [5.74, 6) is -1.15. The molecule has 4 rings (SSSR count). The van der Waals surface area contributed by atoms with Crippen LogP contribution < -0.4 is 4.74 Å². The number of hydrogen-bond acceptors (Lipinski definition) is 5. The molecule has 1 aliphatic rings. The Balaban J connectivity index is 1.86. The van der Waals surface area contributed by atoms with Crippen LogP contribution in [0.4, 0.5) is 0 Å². The zero-order valence-corrected chi connectivity index (χ0v) is 17.4. The molecule has 1 atom stereocenters. The molecule has 0 saturated carbocycles. The first-order valence-corrected chi connectivity index (χ1v) is 9.94. The Morgan fingerprint density at radius 2 is 1.81 bits per heavy atom. The first-order valence-electron chi connectivity index (χ1n) is 9.57. The number of aliphatic hydroxyl groups is 1. The molecule has 1 fully saturated rings. The van der Waals surface area contributed by atoms with Crippen molar-refractivity contribution in [3.63, 3.8) is 0 Å². The van der Waals surface area contributed by atoms with Crippen LogP contribution in [0.1, 0.15) is 22.7 Å². The minimum Gasteiger partial charge on any atom is -0.507 e. The number of methoxy groups -OCH3 is 1. The van der Waals surface area contributed by atoms with Gasteiger partial charge in [-0.1, -0.05) is 35.9 Å². The van der Waals surface area contributed by atoms with Crippen LogP contribution >= 0.6 is 11.6 Å². The van der Waals surface area contributed by atoms with E-state index in [-0.39, 0.29) is 17.9 Å². The third kappa shape index (κ3) is 4.02. The smallest absolute Gasteiger partial charge is 0.295 e. The Kier molecular flexibility index (Phi) is 5.73. The van der Waals surface area contributed by atoms with E-state index >= 15 is 0 Å². The van der Waals surface area contributed by atoms with E-state index in [1.54, 1.807) is 73.1 Å². The fourth-order valence-electron chi connectivity index (χ4n) is 3.65. The topological polar surface area (TPSA) is 79.7 Å². The van der Waals surface area contributed by atoms with Gasteiger partial charge in [-0.15, -0.1) is 0 Å². The van der Waals surface area contributed by atoms with Gasteiger partial charge in [-0.2, -0.15) is 0 Å². The van der Waals surface area contributed by atoms with Gasteiger partial charge in [0.15, 0.2) is 0 Å². The van der Waals surface area contributed by atoms with E-state index < -0.39 is 17.7 Å². The van der Waals surface area contributed by atoms with Crippen molar-refractivity contribution in [3.05, 3.63) is 100 Å². The second kappa shape index (κ2) is 8.62. The molecule has 1 aliphatic heterocycles. The van der Waals surface area contributed by atoms with Gasteiger partial charge < -0.3 is 14.7 Å². The number of pyridine rings is 1. The molecule has 6 nitrogen and oxygen atoms in total. The van der Waals surface area contributed by atoms with Crippen molar-refractivity contribution in [2.45, 2.75) is 12.6 Å². The van der Waals surface area contributed by atoms with E-state index in [1.807, 2.05) is 0 Å².